The smallest absolute Gasteiger partial charge is 0.306 e. The van der Waals surface area contributed by atoms with Crippen LogP contribution in [0, 0.1) is 0 Å². The average molecular weight is 984 g/mol. The molecule has 6 nitrogen and oxygen atoms in total. The van der Waals surface area contributed by atoms with E-state index in [2.05, 4.69) is 142 Å². The first-order valence-electron chi connectivity index (χ1n) is 29.0. The molecule has 6 heteroatoms. The molecule has 0 aliphatic carbocycles. The standard InChI is InChI=1S/C65H106O6/c1-4-7-10-13-16-19-22-25-28-30-31-32-33-35-37-40-43-46-49-52-55-58-64(67)70-61-62(60-69-63(66)57-54-51-48-45-42-39-36-27-24-21-18-15-12-9-6-3)71-65(68)59-56-53-50-47-44-41-38-34-29-26-23-20-17-14-11-8-5-2/h8-9,11-12,17-18,20-21,26-27,29-31,36,38,41-42,45,47,50,62H,4-7,10,13-16,19,22-25,28,32-35,37,39-40,43-44,46,48-49,51-61H2,1-3H3/b11-8-,12-9-,20-17-,21-18-,29-26-,31-30-,36-27-,41-38-,45-42-,50-47-. The van der Waals surface area contributed by atoms with Crippen molar-refractivity contribution in [2.45, 2.75) is 258 Å². The number of ether oxygens (including phenoxy) is 3. The van der Waals surface area contributed by atoms with Crippen LogP contribution in [0.25, 0.3) is 0 Å². The molecule has 0 heterocycles. The van der Waals surface area contributed by atoms with E-state index in [0.29, 0.717) is 19.3 Å². The SMILES string of the molecule is CC/C=C\C/C=C\C/C=C\C/C=C\C/C=C\CCCC(=O)OC(COC(=O)CCCC/C=C\C/C=C\C/C=C\C/C=C\CC)COC(=O)CCCCCCCCCCC/C=C\CCCCCCCCCC. The minimum absolute atomic E-state index is 0.118. The van der Waals surface area contributed by atoms with Crippen molar-refractivity contribution in [2.75, 3.05) is 13.2 Å². The van der Waals surface area contributed by atoms with Gasteiger partial charge in [-0.2, -0.15) is 0 Å². The molecule has 0 rings (SSSR count). The third kappa shape index (κ3) is 56.6. The van der Waals surface area contributed by atoms with Crippen molar-refractivity contribution in [1.29, 1.82) is 0 Å². The van der Waals surface area contributed by atoms with Crippen LogP contribution in [0.2, 0.25) is 0 Å². The molecule has 0 aliphatic heterocycles. The molecule has 0 bridgehead atoms. The Hall–Kier alpha value is -4.19. The van der Waals surface area contributed by atoms with Crippen molar-refractivity contribution in [1.82, 2.24) is 0 Å². The number of carbonyl (C=O) groups is 3. The van der Waals surface area contributed by atoms with Crippen LogP contribution in [-0.2, 0) is 28.6 Å². The number of hydrogen-bond acceptors (Lipinski definition) is 6. The van der Waals surface area contributed by atoms with Crippen LogP contribution in [0.15, 0.2) is 122 Å². The van der Waals surface area contributed by atoms with Gasteiger partial charge in [0.1, 0.15) is 13.2 Å². The molecule has 0 aliphatic rings. The van der Waals surface area contributed by atoms with Crippen LogP contribution in [0.4, 0.5) is 0 Å². The highest BCUT2D eigenvalue weighted by Crippen LogP contribution is 2.14. The maximum atomic E-state index is 12.8. The van der Waals surface area contributed by atoms with E-state index in [9.17, 15) is 14.4 Å². The van der Waals surface area contributed by atoms with Gasteiger partial charge in [0.05, 0.1) is 0 Å². The van der Waals surface area contributed by atoms with Gasteiger partial charge >= 0.3 is 17.9 Å². The Morgan fingerprint density at radius 1 is 0.296 bits per heavy atom. The highest BCUT2D eigenvalue weighted by Gasteiger charge is 2.19. The van der Waals surface area contributed by atoms with Crippen LogP contribution in [0.3, 0.4) is 0 Å². The summed E-state index contributed by atoms with van der Waals surface area (Å²) in [6, 6.07) is 0. The van der Waals surface area contributed by atoms with Gasteiger partial charge in [-0.25, -0.2) is 0 Å². The van der Waals surface area contributed by atoms with Gasteiger partial charge in [0.2, 0.25) is 0 Å². The second-order valence-corrected chi connectivity index (χ2v) is 18.8. The summed E-state index contributed by atoms with van der Waals surface area (Å²) in [5.41, 5.74) is 0. The van der Waals surface area contributed by atoms with Gasteiger partial charge in [-0.1, -0.05) is 232 Å². The van der Waals surface area contributed by atoms with Gasteiger partial charge in [0.15, 0.2) is 6.10 Å². The molecule has 1 unspecified atom stereocenters. The van der Waals surface area contributed by atoms with E-state index in [4.69, 9.17) is 14.2 Å². The van der Waals surface area contributed by atoms with Crippen LogP contribution in [-0.4, -0.2) is 37.2 Å². The molecule has 71 heavy (non-hydrogen) atoms. The lowest BCUT2D eigenvalue weighted by atomic mass is 10.1. The molecule has 0 saturated heterocycles. The normalized spacial score (nSPS) is 13.0. The third-order valence-electron chi connectivity index (χ3n) is 11.9. The Balaban J connectivity index is 4.50. The Labute approximate surface area is 437 Å². The largest absolute Gasteiger partial charge is 0.462 e. The van der Waals surface area contributed by atoms with Gasteiger partial charge in [-0.05, 0) is 122 Å². The molecule has 0 aromatic carbocycles. The van der Waals surface area contributed by atoms with Crippen LogP contribution in [0.5, 0.6) is 0 Å². The summed E-state index contributed by atoms with van der Waals surface area (Å²) >= 11 is 0. The fraction of sp³-hybridized carbons (Fsp3) is 0.646. The minimum Gasteiger partial charge on any atom is -0.462 e. The molecule has 1 atom stereocenters. The van der Waals surface area contributed by atoms with E-state index in [-0.39, 0.29) is 44.0 Å². The Kier molecular flexibility index (Phi) is 54.9. The van der Waals surface area contributed by atoms with Crippen molar-refractivity contribution in [3.8, 4) is 0 Å². The monoisotopic (exact) mass is 983 g/mol. The molecule has 402 valence electrons. The maximum absolute atomic E-state index is 12.8. The molecular formula is C65H106O6. The average Bonchev–Trinajstić information content (AvgIpc) is 3.37. The molecule has 0 N–H and O–H groups in total. The minimum atomic E-state index is -0.829. The number of allylic oxidation sites excluding steroid dienone is 20. The molecule has 0 saturated carbocycles. The number of hydrogen-bond donors (Lipinski definition) is 0. The zero-order valence-electron chi connectivity index (χ0n) is 45.9. The highest BCUT2D eigenvalue weighted by molar-refractivity contribution is 5.71. The fourth-order valence-electron chi connectivity index (χ4n) is 7.64. The van der Waals surface area contributed by atoms with E-state index in [1.54, 1.807) is 0 Å². The first-order valence-corrected chi connectivity index (χ1v) is 29.0. The first-order chi connectivity index (χ1) is 35.0. The number of unbranched alkanes of at least 4 members (excludes halogenated alkanes) is 20. The Morgan fingerprint density at radius 3 is 0.944 bits per heavy atom. The van der Waals surface area contributed by atoms with Crippen LogP contribution in [0.1, 0.15) is 252 Å². The van der Waals surface area contributed by atoms with Gasteiger partial charge < -0.3 is 14.2 Å². The highest BCUT2D eigenvalue weighted by atomic mass is 16.6. The summed E-state index contributed by atoms with van der Waals surface area (Å²) in [5, 5.41) is 0. The zero-order chi connectivity index (χ0) is 51.4. The molecule has 0 amide bonds. The molecule has 0 fully saturated rings. The van der Waals surface area contributed by atoms with Crippen LogP contribution < -0.4 is 0 Å². The molecule has 0 spiro atoms. The summed E-state index contributed by atoms with van der Waals surface area (Å²) in [6.07, 6.45) is 80.6. The fourth-order valence-corrected chi connectivity index (χ4v) is 7.64. The summed E-state index contributed by atoms with van der Waals surface area (Å²) in [4.78, 5) is 38.1. The zero-order valence-corrected chi connectivity index (χ0v) is 45.9. The molecular weight excluding hydrogens is 877 g/mol. The summed E-state index contributed by atoms with van der Waals surface area (Å²) in [6.45, 7) is 6.33. The summed E-state index contributed by atoms with van der Waals surface area (Å²) in [5.74, 6) is -1.02. The summed E-state index contributed by atoms with van der Waals surface area (Å²) in [7, 11) is 0. The molecule has 0 aromatic heterocycles. The van der Waals surface area contributed by atoms with Crippen molar-refractivity contribution in [2.24, 2.45) is 0 Å². The summed E-state index contributed by atoms with van der Waals surface area (Å²) < 4.78 is 16.8. The second kappa shape index (κ2) is 58.4. The maximum Gasteiger partial charge on any atom is 0.306 e. The van der Waals surface area contributed by atoms with Gasteiger partial charge in [-0.15, -0.1) is 0 Å². The van der Waals surface area contributed by atoms with Gasteiger partial charge in [0.25, 0.3) is 0 Å². The predicted octanol–water partition coefficient (Wildman–Crippen LogP) is 19.6. The predicted molar refractivity (Wildman–Crippen MR) is 306 cm³/mol. The van der Waals surface area contributed by atoms with Crippen molar-refractivity contribution >= 4 is 17.9 Å². The molecule has 0 radical (unpaired) electrons. The van der Waals surface area contributed by atoms with Crippen LogP contribution >= 0.6 is 0 Å². The van der Waals surface area contributed by atoms with E-state index in [1.807, 2.05) is 0 Å². The Bertz CT molecular complexity index is 1500. The Morgan fingerprint density at radius 2 is 0.563 bits per heavy atom. The lowest BCUT2D eigenvalue weighted by molar-refractivity contribution is -0.167. The first kappa shape index (κ1) is 66.8. The lowest BCUT2D eigenvalue weighted by Gasteiger charge is -2.18. The van der Waals surface area contributed by atoms with Gasteiger partial charge in [0, 0.05) is 19.3 Å². The second-order valence-electron chi connectivity index (χ2n) is 18.8. The van der Waals surface area contributed by atoms with Gasteiger partial charge in [-0.3, -0.25) is 14.4 Å². The number of esters is 3. The van der Waals surface area contributed by atoms with E-state index in [0.717, 1.165) is 96.3 Å². The van der Waals surface area contributed by atoms with E-state index >= 15 is 0 Å². The number of carbonyl (C=O) groups excluding carboxylic acids is 3. The van der Waals surface area contributed by atoms with Crippen molar-refractivity contribution in [3.05, 3.63) is 122 Å². The van der Waals surface area contributed by atoms with Crippen molar-refractivity contribution < 1.29 is 28.6 Å². The van der Waals surface area contributed by atoms with E-state index in [1.165, 1.54) is 103 Å². The van der Waals surface area contributed by atoms with Crippen molar-refractivity contribution in [3.63, 3.8) is 0 Å². The topological polar surface area (TPSA) is 78.9 Å². The molecule has 0 aromatic rings. The quantitative estimate of drug-likeness (QED) is 0.0261. The van der Waals surface area contributed by atoms with E-state index < -0.39 is 6.10 Å². The number of rotatable bonds is 51. The lowest BCUT2D eigenvalue weighted by Crippen LogP contribution is -2.30. The third-order valence-corrected chi connectivity index (χ3v) is 11.9.